The third kappa shape index (κ3) is 6.20. The number of rotatable bonds is 9. The average molecular weight is 360 g/mol. The van der Waals surface area contributed by atoms with E-state index in [1.165, 1.54) is 5.56 Å². The number of nitrogens with zero attached hydrogens (tertiary/aromatic N) is 1. The normalized spacial score (nSPS) is 12.4. The number of benzene rings is 1. The van der Waals surface area contributed by atoms with Gasteiger partial charge in [-0.1, -0.05) is 26.0 Å². The maximum absolute atomic E-state index is 12.1. The van der Waals surface area contributed by atoms with Crippen LogP contribution < -0.4 is 10.1 Å². The van der Waals surface area contributed by atoms with E-state index >= 15 is 0 Å². The molecule has 0 radical (unpaired) electrons. The van der Waals surface area contributed by atoms with Gasteiger partial charge in [0.05, 0.1) is 6.10 Å². The topological polar surface area (TPSA) is 74.9 Å². The predicted octanol–water partition coefficient (Wildman–Crippen LogP) is 2.63. The summed E-state index contributed by atoms with van der Waals surface area (Å²) in [7, 11) is 3.72. The minimum absolute atomic E-state index is 0.172. The molecule has 26 heavy (non-hydrogen) atoms. The second kappa shape index (κ2) is 9.40. The van der Waals surface area contributed by atoms with Crippen molar-refractivity contribution in [2.24, 2.45) is 0 Å². The molecule has 0 spiro atoms. The largest absolute Gasteiger partial charge is 0.486 e. The van der Waals surface area contributed by atoms with Crippen molar-refractivity contribution < 1.29 is 19.1 Å². The summed E-state index contributed by atoms with van der Waals surface area (Å²) in [6.07, 6.45) is -0.625. The lowest BCUT2D eigenvalue weighted by atomic mass is 10.0. The molecule has 0 saturated carbocycles. The Morgan fingerprint density at radius 3 is 2.50 bits per heavy atom. The van der Waals surface area contributed by atoms with Gasteiger partial charge in [0, 0.05) is 13.1 Å². The molecule has 1 amide bonds. The van der Waals surface area contributed by atoms with Crippen LogP contribution in [0, 0.1) is 0 Å². The first-order valence-electron chi connectivity index (χ1n) is 8.77. The van der Waals surface area contributed by atoms with Gasteiger partial charge in [0.2, 0.25) is 0 Å². The predicted molar refractivity (Wildman–Crippen MR) is 100 cm³/mol. The minimum atomic E-state index is -0.625. The summed E-state index contributed by atoms with van der Waals surface area (Å²) in [6.45, 7) is 5.19. The summed E-state index contributed by atoms with van der Waals surface area (Å²) in [5.41, 5.74) is 1.26. The monoisotopic (exact) mass is 360 g/mol. The Bertz CT molecular complexity index is 692. The maximum atomic E-state index is 12.1. The van der Waals surface area contributed by atoms with Crippen LogP contribution in [0.2, 0.25) is 0 Å². The van der Waals surface area contributed by atoms with Gasteiger partial charge in [0.15, 0.2) is 5.76 Å². The summed E-state index contributed by atoms with van der Waals surface area (Å²) in [5.74, 6) is 1.65. The standard InChI is InChI=1S/C20H28N2O4/c1-14(2)15-5-7-17(8-6-15)25-13-18-9-10-19(26-18)20(24)21-11-16(23)12-22(3)4/h5-10,14,16,23H,11-13H2,1-4H3,(H,21,24). The smallest absolute Gasteiger partial charge is 0.287 e. The zero-order chi connectivity index (χ0) is 19.1. The number of likely N-dealkylation sites (N-methyl/N-ethyl adjacent to an activating group) is 1. The highest BCUT2D eigenvalue weighted by Gasteiger charge is 2.13. The van der Waals surface area contributed by atoms with Gasteiger partial charge in [0.1, 0.15) is 18.1 Å². The molecule has 0 aliphatic carbocycles. The van der Waals surface area contributed by atoms with Crippen LogP contribution >= 0.6 is 0 Å². The molecule has 0 aliphatic rings. The van der Waals surface area contributed by atoms with Gasteiger partial charge in [-0.05, 0) is 49.8 Å². The Morgan fingerprint density at radius 1 is 1.19 bits per heavy atom. The summed E-state index contributed by atoms with van der Waals surface area (Å²) >= 11 is 0. The van der Waals surface area contributed by atoms with Crippen molar-refractivity contribution in [3.63, 3.8) is 0 Å². The third-order valence-corrected chi connectivity index (χ3v) is 3.89. The molecule has 1 atom stereocenters. The summed E-state index contributed by atoms with van der Waals surface area (Å²) in [4.78, 5) is 13.9. The molecule has 1 heterocycles. The molecule has 142 valence electrons. The van der Waals surface area contributed by atoms with Gasteiger partial charge in [-0.3, -0.25) is 4.79 Å². The van der Waals surface area contributed by atoms with Crippen LogP contribution in [0.25, 0.3) is 0 Å². The molecule has 0 saturated heterocycles. The number of carbonyl (C=O) groups is 1. The van der Waals surface area contributed by atoms with E-state index in [4.69, 9.17) is 9.15 Å². The van der Waals surface area contributed by atoms with Gasteiger partial charge in [-0.25, -0.2) is 0 Å². The van der Waals surface area contributed by atoms with Crippen molar-refractivity contribution in [2.75, 3.05) is 27.2 Å². The third-order valence-electron chi connectivity index (χ3n) is 3.89. The number of hydrogen-bond acceptors (Lipinski definition) is 5. The van der Waals surface area contributed by atoms with Gasteiger partial charge in [-0.15, -0.1) is 0 Å². The molecule has 0 fully saturated rings. The summed E-state index contributed by atoms with van der Waals surface area (Å²) in [6, 6.07) is 11.3. The first-order chi connectivity index (χ1) is 12.3. The maximum Gasteiger partial charge on any atom is 0.287 e. The van der Waals surface area contributed by atoms with Crippen molar-refractivity contribution in [2.45, 2.75) is 32.5 Å². The van der Waals surface area contributed by atoms with Crippen LogP contribution in [0.4, 0.5) is 0 Å². The number of aliphatic hydroxyl groups is 1. The first kappa shape index (κ1) is 20.0. The second-order valence-electron chi connectivity index (χ2n) is 6.90. The fourth-order valence-electron chi connectivity index (χ4n) is 2.46. The van der Waals surface area contributed by atoms with E-state index in [9.17, 15) is 9.90 Å². The second-order valence-corrected chi connectivity index (χ2v) is 6.90. The van der Waals surface area contributed by atoms with Crippen LogP contribution in [0.15, 0.2) is 40.8 Å². The fourth-order valence-corrected chi connectivity index (χ4v) is 2.46. The van der Waals surface area contributed by atoms with Crippen molar-refractivity contribution in [3.8, 4) is 5.75 Å². The number of nitrogens with one attached hydrogen (secondary N) is 1. The number of furan rings is 1. The van der Waals surface area contributed by atoms with Crippen molar-refractivity contribution in [1.82, 2.24) is 10.2 Å². The molecular formula is C20H28N2O4. The lowest BCUT2D eigenvalue weighted by Crippen LogP contribution is -2.37. The molecule has 0 bridgehead atoms. The van der Waals surface area contributed by atoms with Gasteiger partial charge in [-0.2, -0.15) is 0 Å². The fraction of sp³-hybridized carbons (Fsp3) is 0.450. The lowest BCUT2D eigenvalue weighted by Gasteiger charge is -2.15. The summed E-state index contributed by atoms with van der Waals surface area (Å²) < 4.78 is 11.2. The highest BCUT2D eigenvalue weighted by Crippen LogP contribution is 2.20. The molecule has 6 nitrogen and oxygen atoms in total. The van der Waals surface area contributed by atoms with Crippen LogP contribution in [0.5, 0.6) is 5.75 Å². The summed E-state index contributed by atoms with van der Waals surface area (Å²) in [5, 5.41) is 12.4. The Balaban J connectivity index is 1.82. The number of carbonyl (C=O) groups excluding carboxylic acids is 1. The van der Waals surface area contributed by atoms with Gasteiger partial charge in [0.25, 0.3) is 5.91 Å². The number of aliphatic hydroxyl groups excluding tert-OH is 1. The Labute approximate surface area is 154 Å². The minimum Gasteiger partial charge on any atom is -0.486 e. The van der Waals surface area contributed by atoms with Gasteiger partial charge >= 0.3 is 0 Å². The zero-order valence-electron chi connectivity index (χ0n) is 15.9. The quantitative estimate of drug-likeness (QED) is 0.719. The highest BCUT2D eigenvalue weighted by molar-refractivity contribution is 5.91. The van der Waals surface area contributed by atoms with Crippen LogP contribution in [-0.4, -0.2) is 49.2 Å². The van der Waals surface area contributed by atoms with Gasteiger partial charge < -0.3 is 24.5 Å². The number of amides is 1. The molecule has 1 unspecified atom stereocenters. The average Bonchev–Trinajstić information content (AvgIpc) is 3.06. The van der Waals surface area contributed by atoms with E-state index in [2.05, 4.69) is 19.2 Å². The molecule has 0 aliphatic heterocycles. The van der Waals surface area contributed by atoms with E-state index in [-0.39, 0.29) is 24.8 Å². The van der Waals surface area contributed by atoms with E-state index in [1.54, 1.807) is 12.1 Å². The van der Waals surface area contributed by atoms with Crippen molar-refractivity contribution in [1.29, 1.82) is 0 Å². The SMILES string of the molecule is CC(C)c1ccc(OCc2ccc(C(=O)NCC(O)CN(C)C)o2)cc1. The van der Waals surface area contributed by atoms with Crippen molar-refractivity contribution in [3.05, 3.63) is 53.5 Å². The van der Waals surface area contributed by atoms with E-state index in [1.807, 2.05) is 43.3 Å². The Hall–Kier alpha value is -2.31. The molecule has 1 aromatic heterocycles. The molecule has 2 N–H and O–H groups in total. The Kier molecular flexibility index (Phi) is 7.24. The van der Waals surface area contributed by atoms with Crippen molar-refractivity contribution >= 4 is 5.91 Å². The lowest BCUT2D eigenvalue weighted by molar-refractivity contribution is 0.0863. The van der Waals surface area contributed by atoms with E-state index < -0.39 is 6.10 Å². The number of hydrogen-bond donors (Lipinski definition) is 2. The molecule has 6 heteroatoms. The Morgan fingerprint density at radius 2 is 1.88 bits per heavy atom. The van der Waals surface area contributed by atoms with E-state index in [0.717, 1.165) is 5.75 Å². The number of ether oxygens (including phenoxy) is 1. The first-order valence-corrected chi connectivity index (χ1v) is 8.77. The molecule has 1 aromatic carbocycles. The molecule has 2 aromatic rings. The van der Waals surface area contributed by atoms with Crippen LogP contribution in [-0.2, 0) is 6.61 Å². The molecule has 2 rings (SSSR count). The molecular weight excluding hydrogens is 332 g/mol. The van der Waals surface area contributed by atoms with E-state index in [0.29, 0.717) is 18.2 Å². The van der Waals surface area contributed by atoms with Crippen LogP contribution in [0.1, 0.15) is 41.6 Å². The van der Waals surface area contributed by atoms with Crippen LogP contribution in [0.3, 0.4) is 0 Å². The zero-order valence-corrected chi connectivity index (χ0v) is 15.9. The highest BCUT2D eigenvalue weighted by atomic mass is 16.5.